The zero-order valence-electron chi connectivity index (χ0n) is 3.39. The lowest BCUT2D eigenvalue weighted by Gasteiger charge is -1.81. The first-order valence-corrected chi connectivity index (χ1v) is 5.38. The molecule has 1 aliphatic heterocycles. The van der Waals surface area contributed by atoms with Crippen molar-refractivity contribution in [2.75, 3.05) is 11.5 Å². The smallest absolute Gasteiger partial charge is 0.0232 e. The number of hydrogen-bond acceptors (Lipinski definition) is 2. The highest BCUT2D eigenvalue weighted by Crippen LogP contribution is 2.34. The highest BCUT2D eigenvalue weighted by atomic mass is 32.7. The molecule has 2 unspecified atom stereocenters. The van der Waals surface area contributed by atoms with Gasteiger partial charge in [0.05, 0.1) is 0 Å². The first-order chi connectivity index (χ1) is 2.93. The van der Waals surface area contributed by atoms with Gasteiger partial charge >= 0.3 is 0 Å². The fourth-order valence-corrected chi connectivity index (χ4v) is 2.74. The predicted molar refractivity (Wildman–Crippen MR) is 38.4 cm³/mol. The maximum atomic E-state index is 2.67. The third kappa shape index (κ3) is 1.72. The Morgan fingerprint density at radius 3 is 2.83 bits per heavy atom. The number of thioether (sulfide) groups is 1. The molecule has 6 heavy (non-hydrogen) atoms. The van der Waals surface area contributed by atoms with Gasteiger partial charge in [-0.05, 0) is 0 Å². The normalized spacial score (nSPS) is 30.5. The van der Waals surface area contributed by atoms with E-state index in [1.54, 1.807) is 0 Å². The fourth-order valence-electron chi connectivity index (χ4n) is 0.272. The van der Waals surface area contributed by atoms with Crippen molar-refractivity contribution in [3.8, 4) is 0 Å². The molecule has 0 aromatic heterocycles. The van der Waals surface area contributed by atoms with Crippen LogP contribution in [0.2, 0.25) is 0 Å². The third-order valence-corrected chi connectivity index (χ3v) is 3.04. The number of rotatable bonds is 2. The van der Waals surface area contributed by atoms with Crippen molar-refractivity contribution in [2.24, 2.45) is 0 Å². The van der Waals surface area contributed by atoms with E-state index in [-0.39, 0.29) is 0 Å². The zero-order valence-corrected chi connectivity index (χ0v) is 6.17. The Morgan fingerprint density at radius 2 is 2.67 bits per heavy atom. The molecular formula is C3H7PS2. The van der Waals surface area contributed by atoms with Crippen LogP contribution < -0.4 is 0 Å². The van der Waals surface area contributed by atoms with Crippen LogP contribution in [0.15, 0.2) is 0 Å². The molecule has 0 saturated carbocycles. The van der Waals surface area contributed by atoms with Crippen LogP contribution >= 0.6 is 31.6 Å². The van der Waals surface area contributed by atoms with Gasteiger partial charge in [-0.15, -0.1) is 11.4 Å². The molecule has 1 saturated heterocycles. The molecule has 0 aromatic rings. The lowest BCUT2D eigenvalue weighted by molar-refractivity contribution is 1.28. The molecule has 3 heteroatoms. The summed E-state index contributed by atoms with van der Waals surface area (Å²) in [5.41, 5.74) is 0. The summed E-state index contributed by atoms with van der Waals surface area (Å²) in [4.78, 5) is 0. The van der Waals surface area contributed by atoms with Crippen LogP contribution in [0, 0.1) is 0 Å². The van der Waals surface area contributed by atoms with Crippen molar-refractivity contribution in [2.45, 2.75) is 5.25 Å². The SMILES string of the molecule is PSCC1CS1. The minimum absolute atomic E-state index is 1.01. The van der Waals surface area contributed by atoms with Gasteiger partial charge in [0.2, 0.25) is 0 Å². The van der Waals surface area contributed by atoms with E-state index in [0.717, 1.165) is 5.25 Å². The summed E-state index contributed by atoms with van der Waals surface area (Å²) in [5, 5.41) is 1.01. The van der Waals surface area contributed by atoms with Gasteiger partial charge < -0.3 is 0 Å². The van der Waals surface area contributed by atoms with E-state index in [1.807, 2.05) is 11.4 Å². The van der Waals surface area contributed by atoms with E-state index in [2.05, 4.69) is 20.2 Å². The van der Waals surface area contributed by atoms with Crippen LogP contribution in [-0.4, -0.2) is 16.8 Å². The van der Waals surface area contributed by atoms with Crippen LogP contribution in [-0.2, 0) is 0 Å². The third-order valence-electron chi connectivity index (χ3n) is 0.684. The second-order valence-electron chi connectivity index (χ2n) is 1.29. The van der Waals surface area contributed by atoms with E-state index in [1.165, 1.54) is 11.5 Å². The summed E-state index contributed by atoms with van der Waals surface area (Å²) in [5.74, 6) is 2.73. The van der Waals surface area contributed by atoms with E-state index in [9.17, 15) is 0 Å². The molecule has 0 amide bonds. The maximum Gasteiger partial charge on any atom is 0.0232 e. The van der Waals surface area contributed by atoms with Crippen LogP contribution in [0.5, 0.6) is 0 Å². The highest BCUT2D eigenvalue weighted by molar-refractivity contribution is 8.44. The second kappa shape index (κ2) is 2.44. The standard InChI is InChI=1S/C3H7PS2/c4-6-2-3-1-5-3/h3H,1-2,4H2. The Labute approximate surface area is 48.8 Å². The van der Waals surface area contributed by atoms with Crippen LogP contribution in [0.4, 0.5) is 0 Å². The average Bonchev–Trinajstić information content (AvgIpc) is 2.21. The average molecular weight is 138 g/mol. The molecule has 1 heterocycles. The van der Waals surface area contributed by atoms with E-state index >= 15 is 0 Å². The second-order valence-corrected chi connectivity index (χ2v) is 4.29. The predicted octanol–water partition coefficient (Wildman–Crippen LogP) is 1.63. The van der Waals surface area contributed by atoms with Gasteiger partial charge in [-0.1, -0.05) is 8.44 Å². The van der Waals surface area contributed by atoms with E-state index < -0.39 is 0 Å². The molecule has 0 bridgehead atoms. The molecule has 1 aliphatic rings. The molecule has 0 aliphatic carbocycles. The van der Waals surface area contributed by atoms with Crippen LogP contribution in [0.25, 0.3) is 0 Å². The van der Waals surface area contributed by atoms with Gasteiger partial charge in [-0.25, -0.2) is 0 Å². The highest BCUT2D eigenvalue weighted by Gasteiger charge is 2.20. The van der Waals surface area contributed by atoms with E-state index in [0.29, 0.717) is 0 Å². The maximum absolute atomic E-state index is 2.67. The van der Waals surface area contributed by atoms with Crippen molar-refractivity contribution < 1.29 is 0 Å². The summed E-state index contributed by atoms with van der Waals surface area (Å²) in [6.45, 7) is 0. The Morgan fingerprint density at radius 1 is 2.00 bits per heavy atom. The minimum Gasteiger partial charge on any atom is -0.156 e. The summed E-state index contributed by atoms with van der Waals surface area (Å²) >= 11 is 3.93. The molecule has 0 N–H and O–H groups in total. The van der Waals surface area contributed by atoms with Crippen molar-refractivity contribution in [3.05, 3.63) is 0 Å². The van der Waals surface area contributed by atoms with Crippen molar-refractivity contribution in [1.82, 2.24) is 0 Å². The first kappa shape index (κ1) is 5.27. The Bertz CT molecular complexity index is 44.1. The molecule has 0 spiro atoms. The van der Waals surface area contributed by atoms with Crippen LogP contribution in [0.3, 0.4) is 0 Å². The zero-order chi connectivity index (χ0) is 4.41. The van der Waals surface area contributed by atoms with Crippen molar-refractivity contribution >= 4 is 31.6 Å². The lowest BCUT2D eigenvalue weighted by atomic mass is 10.6. The minimum atomic E-state index is 1.01. The van der Waals surface area contributed by atoms with Crippen molar-refractivity contribution in [1.29, 1.82) is 0 Å². The molecule has 2 atom stereocenters. The summed E-state index contributed by atoms with van der Waals surface area (Å²) in [6.07, 6.45) is 0. The molecule has 1 rings (SSSR count). The lowest BCUT2D eigenvalue weighted by Crippen LogP contribution is -1.80. The van der Waals surface area contributed by atoms with Gasteiger partial charge in [0.25, 0.3) is 0 Å². The Kier molecular flexibility index (Phi) is 2.14. The van der Waals surface area contributed by atoms with Gasteiger partial charge in [0, 0.05) is 16.8 Å². The molecule has 36 valence electrons. The molecule has 1 fully saturated rings. The molecule has 0 radical (unpaired) electrons. The molecular weight excluding hydrogens is 131 g/mol. The summed E-state index contributed by atoms with van der Waals surface area (Å²) < 4.78 is 0. The summed E-state index contributed by atoms with van der Waals surface area (Å²) in [7, 11) is 2.67. The van der Waals surface area contributed by atoms with Gasteiger partial charge in [-0.2, -0.15) is 11.8 Å². The first-order valence-electron chi connectivity index (χ1n) is 1.87. The van der Waals surface area contributed by atoms with Gasteiger partial charge in [0.15, 0.2) is 0 Å². The van der Waals surface area contributed by atoms with Gasteiger partial charge in [-0.3, -0.25) is 0 Å². The Hall–Kier alpha value is 1.13. The van der Waals surface area contributed by atoms with Crippen LogP contribution in [0.1, 0.15) is 0 Å². The number of hydrogen-bond donors (Lipinski definition) is 0. The monoisotopic (exact) mass is 138 g/mol. The quantitative estimate of drug-likeness (QED) is 0.420. The largest absolute Gasteiger partial charge is 0.156 e. The fraction of sp³-hybridized carbons (Fsp3) is 1.00. The van der Waals surface area contributed by atoms with Crippen molar-refractivity contribution in [3.63, 3.8) is 0 Å². The topological polar surface area (TPSA) is 0 Å². The Balaban J connectivity index is 1.88. The van der Waals surface area contributed by atoms with Gasteiger partial charge in [0.1, 0.15) is 0 Å². The van der Waals surface area contributed by atoms with E-state index in [4.69, 9.17) is 0 Å². The molecule has 0 aromatic carbocycles. The molecule has 0 nitrogen and oxygen atoms in total. The summed E-state index contributed by atoms with van der Waals surface area (Å²) in [6, 6.07) is 0.